The summed E-state index contributed by atoms with van der Waals surface area (Å²) in [4.78, 5) is 36.3. The number of hydrogen-bond acceptors (Lipinski definition) is 10. The summed E-state index contributed by atoms with van der Waals surface area (Å²) in [6.45, 7) is 8.62. The minimum Gasteiger partial charge on any atom is -0.478 e. The highest BCUT2D eigenvalue weighted by molar-refractivity contribution is 5.98. The molecule has 1 aliphatic carbocycles. The first-order valence-corrected chi connectivity index (χ1v) is 15.0. The third-order valence-corrected chi connectivity index (χ3v) is 8.16. The smallest absolute Gasteiger partial charge is 0.416 e. The molecule has 3 fully saturated rings. The zero-order valence-electron chi connectivity index (χ0n) is 25.6. The van der Waals surface area contributed by atoms with Gasteiger partial charge in [0.1, 0.15) is 24.4 Å². The number of rotatable bonds is 7. The molecule has 0 spiro atoms. The summed E-state index contributed by atoms with van der Waals surface area (Å²) in [6, 6.07) is 6.67. The van der Waals surface area contributed by atoms with Crippen LogP contribution in [0.2, 0.25) is 0 Å². The number of carboxylic acids is 1. The van der Waals surface area contributed by atoms with Gasteiger partial charge in [-0.1, -0.05) is 31.0 Å². The first kappa shape index (κ1) is 30.4. The molecule has 4 heterocycles. The van der Waals surface area contributed by atoms with Crippen molar-refractivity contribution < 1.29 is 38.7 Å². The largest absolute Gasteiger partial charge is 0.478 e. The van der Waals surface area contributed by atoms with E-state index in [9.17, 15) is 19.8 Å². The van der Waals surface area contributed by atoms with Crippen LogP contribution in [-0.2, 0) is 32.0 Å². The van der Waals surface area contributed by atoms with E-state index in [1.54, 1.807) is 40.0 Å². The lowest BCUT2D eigenvalue weighted by molar-refractivity contribution is -0.197. The zero-order chi connectivity index (χ0) is 31.4. The molecule has 2 aliphatic heterocycles. The van der Waals surface area contributed by atoms with Crippen LogP contribution in [-0.4, -0.2) is 77.8 Å². The second kappa shape index (κ2) is 11.4. The SMILES string of the molecule is CC(C)(C)OC(=O)N(c1nc(CO)nc2c1cnn2[C@@H]1O[C@H](Cc2ccccc2C(=O)O)[C@H]2OC(C)(C)O[C@H]21)C1CCCC1. The van der Waals surface area contributed by atoms with Crippen LogP contribution in [0, 0.1) is 0 Å². The molecule has 13 heteroatoms. The van der Waals surface area contributed by atoms with Crippen LogP contribution in [0.25, 0.3) is 11.0 Å². The van der Waals surface area contributed by atoms with Crippen molar-refractivity contribution >= 4 is 28.9 Å². The molecule has 2 saturated heterocycles. The van der Waals surface area contributed by atoms with Crippen molar-refractivity contribution in [1.82, 2.24) is 19.7 Å². The molecule has 1 amide bonds. The Balaban J connectivity index is 1.41. The average Bonchev–Trinajstić information content (AvgIpc) is 3.73. The van der Waals surface area contributed by atoms with Gasteiger partial charge in [-0.3, -0.25) is 4.90 Å². The maximum atomic E-state index is 13.6. The van der Waals surface area contributed by atoms with Crippen LogP contribution < -0.4 is 4.90 Å². The Hall–Kier alpha value is -3.65. The lowest BCUT2D eigenvalue weighted by Crippen LogP contribution is -2.43. The first-order chi connectivity index (χ1) is 20.8. The topological polar surface area (TPSA) is 158 Å². The standard InChI is InChI=1S/C31H39N5O8/c1-30(2,3)44-29(40)35(18-11-7-8-12-18)25-20-15-32-36(26(20)34-22(16-37)33-25)27-24-23(42-31(4,5)43-24)21(41-27)14-17-10-6-9-13-19(17)28(38)39/h6,9-10,13,15,18,21,23-24,27,37H,7-8,11-12,14,16H2,1-5H3,(H,38,39)/t21-,23-,24-,27-/m1/s1. The minimum atomic E-state index is -1.02. The van der Waals surface area contributed by atoms with Crippen molar-refractivity contribution in [3.63, 3.8) is 0 Å². The predicted octanol–water partition coefficient (Wildman–Crippen LogP) is 4.36. The van der Waals surface area contributed by atoms with Crippen LogP contribution in [0.15, 0.2) is 30.5 Å². The number of aromatic carboxylic acids is 1. The van der Waals surface area contributed by atoms with Gasteiger partial charge in [0.2, 0.25) is 0 Å². The molecule has 13 nitrogen and oxygen atoms in total. The van der Waals surface area contributed by atoms with E-state index in [1.165, 1.54) is 0 Å². The number of aliphatic hydroxyl groups is 1. The fourth-order valence-electron chi connectivity index (χ4n) is 6.42. The van der Waals surface area contributed by atoms with Gasteiger partial charge < -0.3 is 29.2 Å². The van der Waals surface area contributed by atoms with Crippen molar-refractivity contribution in [2.24, 2.45) is 0 Å². The number of carboxylic acid groups (broad SMARTS) is 1. The molecule has 4 atom stereocenters. The van der Waals surface area contributed by atoms with Gasteiger partial charge in [0.25, 0.3) is 0 Å². The number of anilines is 1. The maximum Gasteiger partial charge on any atom is 0.416 e. The molecule has 2 aromatic heterocycles. The molecule has 3 aliphatic rings. The highest BCUT2D eigenvalue weighted by Gasteiger charge is 2.56. The third kappa shape index (κ3) is 5.76. The van der Waals surface area contributed by atoms with Gasteiger partial charge >= 0.3 is 12.1 Å². The number of aliphatic hydroxyl groups excluding tert-OH is 1. The Bertz CT molecular complexity index is 1560. The molecule has 0 unspecified atom stereocenters. The quantitative estimate of drug-likeness (QED) is 0.392. The lowest BCUT2D eigenvalue weighted by Gasteiger charge is -2.31. The third-order valence-electron chi connectivity index (χ3n) is 8.16. The van der Waals surface area contributed by atoms with Crippen molar-refractivity contribution in [2.45, 2.75) is 115 Å². The minimum absolute atomic E-state index is 0.117. The molecule has 2 N–H and O–H groups in total. The fraction of sp³-hybridized carbons (Fsp3) is 0.581. The van der Waals surface area contributed by atoms with Crippen molar-refractivity contribution in [3.8, 4) is 0 Å². The number of carbonyl (C=O) groups is 2. The van der Waals surface area contributed by atoms with Crippen molar-refractivity contribution in [2.75, 3.05) is 4.90 Å². The van der Waals surface area contributed by atoms with Gasteiger partial charge in [-0.15, -0.1) is 0 Å². The van der Waals surface area contributed by atoms with Crippen LogP contribution in [0.5, 0.6) is 0 Å². The fourth-order valence-corrected chi connectivity index (χ4v) is 6.42. The lowest BCUT2D eigenvalue weighted by atomic mass is 9.98. The second-order valence-corrected chi connectivity index (χ2v) is 13.0. The van der Waals surface area contributed by atoms with E-state index in [-0.39, 0.29) is 23.9 Å². The Morgan fingerprint density at radius 3 is 2.50 bits per heavy atom. The molecule has 44 heavy (non-hydrogen) atoms. The number of benzene rings is 1. The van der Waals surface area contributed by atoms with E-state index in [0.29, 0.717) is 22.4 Å². The Morgan fingerprint density at radius 2 is 1.82 bits per heavy atom. The number of nitrogens with zero attached hydrogens (tertiary/aromatic N) is 5. The Morgan fingerprint density at radius 1 is 1.11 bits per heavy atom. The highest BCUT2D eigenvalue weighted by Crippen LogP contribution is 2.45. The van der Waals surface area contributed by atoms with E-state index >= 15 is 0 Å². The van der Waals surface area contributed by atoms with Gasteiger partial charge in [0, 0.05) is 12.5 Å². The summed E-state index contributed by atoms with van der Waals surface area (Å²) < 4.78 is 26.5. The van der Waals surface area contributed by atoms with Crippen molar-refractivity contribution in [3.05, 3.63) is 47.4 Å². The molecule has 6 rings (SSSR count). The molecule has 0 radical (unpaired) electrons. The molecule has 3 aromatic rings. The summed E-state index contributed by atoms with van der Waals surface area (Å²) >= 11 is 0. The molecule has 1 saturated carbocycles. The highest BCUT2D eigenvalue weighted by atomic mass is 16.8. The Kier molecular flexibility index (Phi) is 7.85. The number of aromatic nitrogens is 4. The molecule has 0 bridgehead atoms. The van der Waals surface area contributed by atoms with E-state index in [2.05, 4.69) is 15.1 Å². The van der Waals surface area contributed by atoms with Crippen LogP contribution in [0.4, 0.5) is 10.6 Å². The molecular weight excluding hydrogens is 570 g/mol. The van der Waals surface area contributed by atoms with Gasteiger partial charge in [-0.05, 0) is 59.1 Å². The van der Waals surface area contributed by atoms with Gasteiger partial charge in [0.05, 0.1) is 23.3 Å². The summed E-state index contributed by atoms with van der Waals surface area (Å²) in [6.07, 6.45) is 2.41. The number of hydrogen-bond donors (Lipinski definition) is 2. The number of amides is 1. The average molecular weight is 610 g/mol. The van der Waals surface area contributed by atoms with Crippen molar-refractivity contribution in [1.29, 1.82) is 0 Å². The van der Waals surface area contributed by atoms with E-state index in [1.807, 2.05) is 34.6 Å². The van der Waals surface area contributed by atoms with Crippen LogP contribution >= 0.6 is 0 Å². The maximum absolute atomic E-state index is 13.6. The van der Waals surface area contributed by atoms with Crippen LogP contribution in [0.3, 0.4) is 0 Å². The molecular formula is C31H39N5O8. The summed E-state index contributed by atoms with van der Waals surface area (Å²) in [7, 11) is 0. The molecule has 1 aromatic carbocycles. The summed E-state index contributed by atoms with van der Waals surface area (Å²) in [5.74, 6) is -1.51. The number of ether oxygens (including phenoxy) is 4. The van der Waals surface area contributed by atoms with Gasteiger partial charge in [0.15, 0.2) is 29.3 Å². The summed E-state index contributed by atoms with van der Waals surface area (Å²) in [5, 5.41) is 25.1. The second-order valence-electron chi connectivity index (χ2n) is 13.0. The van der Waals surface area contributed by atoms with E-state index < -0.39 is 54.6 Å². The zero-order valence-corrected chi connectivity index (χ0v) is 25.6. The van der Waals surface area contributed by atoms with Gasteiger partial charge in [-0.2, -0.15) is 5.10 Å². The predicted molar refractivity (Wildman–Crippen MR) is 157 cm³/mol. The normalized spacial score (nSPS) is 25.0. The van der Waals surface area contributed by atoms with Crippen LogP contribution in [0.1, 0.15) is 88.3 Å². The Labute approximate surface area is 255 Å². The first-order valence-electron chi connectivity index (χ1n) is 15.0. The van der Waals surface area contributed by atoms with E-state index in [0.717, 1.165) is 25.7 Å². The van der Waals surface area contributed by atoms with Gasteiger partial charge in [-0.25, -0.2) is 24.2 Å². The summed E-state index contributed by atoms with van der Waals surface area (Å²) in [5.41, 5.74) is 0.435. The number of carbonyl (C=O) groups excluding carboxylic acids is 1. The molecule has 236 valence electrons. The van der Waals surface area contributed by atoms with E-state index in [4.69, 9.17) is 18.9 Å². The number of fused-ring (bicyclic) bond motifs is 2. The monoisotopic (exact) mass is 609 g/mol.